The van der Waals surface area contributed by atoms with E-state index in [1.54, 1.807) is 27.0 Å². The van der Waals surface area contributed by atoms with E-state index in [1.165, 1.54) is 12.3 Å². The van der Waals surface area contributed by atoms with Crippen LogP contribution in [0.25, 0.3) is 5.57 Å². The quantitative estimate of drug-likeness (QED) is 0.182. The molecule has 0 bridgehead atoms. The molecule has 0 aliphatic carbocycles. The molecule has 0 unspecified atom stereocenters. The number of esters is 1. The van der Waals surface area contributed by atoms with E-state index in [-0.39, 0.29) is 23.5 Å². The van der Waals surface area contributed by atoms with E-state index in [0.717, 1.165) is 29.0 Å². The third-order valence-electron chi connectivity index (χ3n) is 6.99. The van der Waals surface area contributed by atoms with Crippen molar-refractivity contribution in [2.24, 2.45) is 0 Å². The second-order valence-electron chi connectivity index (χ2n) is 11.3. The van der Waals surface area contributed by atoms with E-state index in [1.807, 2.05) is 71.3 Å². The first-order valence-electron chi connectivity index (χ1n) is 14.6. The van der Waals surface area contributed by atoms with Gasteiger partial charge in [0.25, 0.3) is 0 Å². The molecule has 0 saturated carbocycles. The zero-order chi connectivity index (χ0) is 33.4. The molecule has 11 heteroatoms. The second-order valence-corrected chi connectivity index (χ2v) is 11.3. The van der Waals surface area contributed by atoms with Crippen molar-refractivity contribution in [2.45, 2.75) is 26.9 Å². The van der Waals surface area contributed by atoms with E-state index >= 15 is 0 Å². The Balaban J connectivity index is 2.18. The molecule has 3 aromatic rings. The Bertz CT molecular complexity index is 1570. The summed E-state index contributed by atoms with van der Waals surface area (Å²) in [5.74, 6) is -0.163. The lowest BCUT2D eigenvalue weighted by atomic mass is 9.99. The molecule has 0 aliphatic rings. The summed E-state index contributed by atoms with van der Waals surface area (Å²) in [4.78, 5) is 41.0. The Hall–Kier alpha value is -4.90. The zero-order valence-corrected chi connectivity index (χ0v) is 27.8. The van der Waals surface area contributed by atoms with Gasteiger partial charge in [0.15, 0.2) is 0 Å². The van der Waals surface area contributed by atoms with Crippen LogP contribution < -0.4 is 25.2 Å². The van der Waals surface area contributed by atoms with Gasteiger partial charge >= 0.3 is 5.97 Å². The molecule has 3 rings (SSSR count). The molecule has 2 aromatic carbocycles. The topological polar surface area (TPSA) is 112 Å². The Labute approximate surface area is 266 Å². The summed E-state index contributed by atoms with van der Waals surface area (Å²) in [6.45, 7) is 14.9. The molecule has 2 N–H and O–H groups in total. The van der Waals surface area contributed by atoms with Gasteiger partial charge in [-0.15, -0.1) is 0 Å². The average molecular weight is 616 g/mol. The minimum Gasteiger partial charge on any atom is -0.494 e. The number of nitrogens with one attached hydrogen (secondary N) is 2. The number of ether oxygens (including phenoxy) is 2. The van der Waals surface area contributed by atoms with Crippen molar-refractivity contribution in [1.82, 2.24) is 14.9 Å². The van der Waals surface area contributed by atoms with Crippen LogP contribution in [0.1, 0.15) is 41.0 Å². The van der Waals surface area contributed by atoms with Crippen LogP contribution in [0.5, 0.6) is 5.75 Å². The van der Waals surface area contributed by atoms with Crippen molar-refractivity contribution < 1.29 is 19.1 Å². The molecule has 1 heterocycles. The zero-order valence-electron chi connectivity index (χ0n) is 27.8. The molecule has 1 amide bonds. The monoisotopic (exact) mass is 615 g/mol. The number of methoxy groups -OCH3 is 1. The highest BCUT2D eigenvalue weighted by molar-refractivity contribution is 6.03. The predicted octanol–water partition coefficient (Wildman–Crippen LogP) is 5.35. The SMILES string of the molecule is C=CC(=O)Nc1cc(Nc2ncc(C(=O)OC(C)C)c(C(=C)c3ccccc3N(C)C)n2)c(OC)c(C)c1N(C)CCN(C)C. The molecule has 240 valence electrons. The summed E-state index contributed by atoms with van der Waals surface area (Å²) in [6.07, 6.45) is 2.32. The van der Waals surface area contributed by atoms with Crippen molar-refractivity contribution in [3.8, 4) is 5.75 Å². The van der Waals surface area contributed by atoms with Crippen LogP contribution in [-0.4, -0.2) is 88.3 Å². The first kappa shape index (κ1) is 34.6. The van der Waals surface area contributed by atoms with Gasteiger partial charge in [-0.25, -0.2) is 14.8 Å². The van der Waals surface area contributed by atoms with Gasteiger partial charge in [0.05, 0.1) is 36.0 Å². The molecule has 1 aromatic heterocycles. The van der Waals surface area contributed by atoms with Crippen LogP contribution in [0.3, 0.4) is 0 Å². The Kier molecular flexibility index (Phi) is 11.7. The van der Waals surface area contributed by atoms with Crippen molar-refractivity contribution in [1.29, 1.82) is 0 Å². The number of hydrogen-bond acceptors (Lipinski definition) is 10. The summed E-state index contributed by atoms with van der Waals surface area (Å²) < 4.78 is 11.4. The number of amides is 1. The van der Waals surface area contributed by atoms with Crippen LogP contribution in [0.15, 0.2) is 55.8 Å². The number of carbonyl (C=O) groups is 2. The third-order valence-corrected chi connectivity index (χ3v) is 6.99. The van der Waals surface area contributed by atoms with Crippen LogP contribution >= 0.6 is 0 Å². The summed E-state index contributed by atoms with van der Waals surface area (Å²) >= 11 is 0. The maximum Gasteiger partial charge on any atom is 0.342 e. The fourth-order valence-electron chi connectivity index (χ4n) is 4.84. The lowest BCUT2D eigenvalue weighted by Gasteiger charge is -2.28. The van der Waals surface area contributed by atoms with E-state index in [9.17, 15) is 9.59 Å². The number of para-hydroxylation sites is 1. The van der Waals surface area contributed by atoms with Crippen molar-refractivity contribution >= 4 is 46.1 Å². The number of anilines is 5. The van der Waals surface area contributed by atoms with Gasteiger partial charge in [-0.3, -0.25) is 4.79 Å². The molecule has 0 saturated heterocycles. The summed E-state index contributed by atoms with van der Waals surface area (Å²) in [5.41, 5.74) is 5.43. The van der Waals surface area contributed by atoms with Crippen LogP contribution in [0.4, 0.5) is 28.7 Å². The first-order chi connectivity index (χ1) is 21.3. The van der Waals surface area contributed by atoms with Gasteiger partial charge in [-0.2, -0.15) is 0 Å². The summed E-state index contributed by atoms with van der Waals surface area (Å²) in [5, 5.41) is 6.18. The Morgan fingerprint density at radius 1 is 1.04 bits per heavy atom. The molecule has 0 spiro atoms. The molecule has 0 aliphatic heterocycles. The minimum absolute atomic E-state index is 0.188. The molecule has 0 fully saturated rings. The fraction of sp³-hybridized carbons (Fsp3) is 0.353. The average Bonchev–Trinajstić information content (AvgIpc) is 2.99. The maximum atomic E-state index is 13.2. The first-order valence-corrected chi connectivity index (χ1v) is 14.6. The molecule has 0 radical (unpaired) electrons. The second kappa shape index (κ2) is 15.2. The minimum atomic E-state index is -0.553. The van der Waals surface area contributed by atoms with Gasteiger partial charge in [0.1, 0.15) is 11.3 Å². The van der Waals surface area contributed by atoms with Gasteiger partial charge in [0, 0.05) is 62.8 Å². The Morgan fingerprint density at radius 3 is 2.33 bits per heavy atom. The third kappa shape index (κ3) is 8.39. The van der Waals surface area contributed by atoms with E-state index < -0.39 is 5.97 Å². The number of likely N-dealkylation sites (N-methyl/N-ethyl adjacent to an activating group) is 2. The number of aromatic nitrogens is 2. The highest BCUT2D eigenvalue weighted by Gasteiger charge is 2.24. The van der Waals surface area contributed by atoms with Gasteiger partial charge in [0.2, 0.25) is 11.9 Å². The standard InChI is InChI=1S/C34H45N7O4/c1-12-29(42)36-26-19-27(32(44-11)23(5)31(26)41(10)18-17-39(6)7)37-34-35-20-25(33(43)45-21(2)3)30(38-34)22(4)24-15-13-14-16-28(24)40(8)9/h12-16,19-21H,1,4,17-18H2,2-3,5-11H3,(H,36,42)(H,35,37,38). The van der Waals surface area contributed by atoms with E-state index in [4.69, 9.17) is 14.5 Å². The highest BCUT2D eigenvalue weighted by atomic mass is 16.5. The number of nitrogens with zero attached hydrogens (tertiary/aromatic N) is 5. The fourth-order valence-corrected chi connectivity index (χ4v) is 4.84. The van der Waals surface area contributed by atoms with Crippen LogP contribution in [-0.2, 0) is 9.53 Å². The van der Waals surface area contributed by atoms with Crippen molar-refractivity contribution in [2.75, 3.05) is 75.9 Å². The largest absolute Gasteiger partial charge is 0.494 e. The van der Waals surface area contributed by atoms with E-state index in [0.29, 0.717) is 34.9 Å². The molecule has 11 nitrogen and oxygen atoms in total. The highest BCUT2D eigenvalue weighted by Crippen LogP contribution is 2.42. The number of carbonyl (C=O) groups excluding carboxylic acids is 2. The maximum absolute atomic E-state index is 13.2. The smallest absolute Gasteiger partial charge is 0.342 e. The summed E-state index contributed by atoms with van der Waals surface area (Å²) in [6, 6.07) is 9.51. The molecular weight excluding hydrogens is 570 g/mol. The Morgan fingerprint density at radius 2 is 1.73 bits per heavy atom. The molecular formula is C34H45N7O4. The van der Waals surface area contributed by atoms with Crippen molar-refractivity contribution in [3.05, 3.63) is 78.1 Å². The van der Waals surface area contributed by atoms with Crippen LogP contribution in [0, 0.1) is 6.92 Å². The molecule has 0 atom stereocenters. The summed E-state index contributed by atoms with van der Waals surface area (Å²) in [7, 11) is 11.4. The van der Waals surface area contributed by atoms with Crippen LogP contribution in [0.2, 0.25) is 0 Å². The van der Waals surface area contributed by atoms with Gasteiger partial charge in [-0.1, -0.05) is 31.4 Å². The predicted molar refractivity (Wildman–Crippen MR) is 183 cm³/mol. The van der Waals surface area contributed by atoms with Crippen molar-refractivity contribution in [3.63, 3.8) is 0 Å². The van der Waals surface area contributed by atoms with Gasteiger partial charge < -0.3 is 34.8 Å². The number of rotatable bonds is 14. The normalized spacial score (nSPS) is 10.8. The number of benzene rings is 2. The number of hydrogen-bond donors (Lipinski definition) is 2. The lowest BCUT2D eigenvalue weighted by molar-refractivity contribution is -0.111. The van der Waals surface area contributed by atoms with Gasteiger partial charge in [-0.05, 0) is 53.1 Å². The lowest BCUT2D eigenvalue weighted by Crippen LogP contribution is -2.30. The molecule has 45 heavy (non-hydrogen) atoms. The van der Waals surface area contributed by atoms with E-state index in [2.05, 4.69) is 38.6 Å².